The van der Waals surface area contributed by atoms with E-state index >= 15 is 0 Å². The Kier molecular flexibility index (Phi) is 0.648. The van der Waals surface area contributed by atoms with Crippen molar-refractivity contribution in [2.45, 2.75) is 0 Å². The van der Waals surface area contributed by atoms with E-state index in [2.05, 4.69) is 10.0 Å². The third-order valence-electron chi connectivity index (χ3n) is 0.406. The third-order valence-corrected chi connectivity index (χ3v) is 0.406. The number of rotatable bonds is 0. The Morgan fingerprint density at radius 3 is 3.00 bits per heavy atom. The molecule has 1 aromatic rings. The van der Waals surface area contributed by atoms with Crippen molar-refractivity contribution in [2.24, 2.45) is 0 Å². The normalized spacial score (nSPS) is 6.40. The zero-order chi connectivity index (χ0) is 3.54. The number of H-pyrrole nitrogens is 1. The van der Waals surface area contributed by atoms with Crippen LogP contribution < -0.4 is 0 Å². The average Bonchev–Trinajstić information content (AvgIpc) is 1.76. The number of aromatic nitrogens is 2. The molecule has 0 bridgehead atoms. The van der Waals surface area contributed by atoms with Crippen LogP contribution in [0.1, 0.15) is 0 Å². The zero-order valence-corrected chi connectivity index (χ0v) is 2.68. The van der Waals surface area contributed by atoms with Gasteiger partial charge in [-0.3, -0.25) is 0 Å². The predicted octanol–water partition coefficient (Wildman–Crippen LogP) is -0.914. The van der Waals surface area contributed by atoms with Crippen LogP contribution in [0.4, 0.5) is 0 Å². The summed E-state index contributed by atoms with van der Waals surface area (Å²) >= 11 is 0. The Balaban J connectivity index is 3.13. The number of hydrogen-bond acceptors (Lipinski definition) is 1. The number of hydrogen-bond donors (Lipinski definition) is 1. The van der Waals surface area contributed by atoms with E-state index in [1.54, 1.807) is 14.1 Å². The number of nitrogens with zero attached hydrogens (tertiary/aromatic N) is 1. The van der Waals surface area contributed by atoms with Gasteiger partial charge in [0.1, 0.15) is 0 Å². The summed E-state index contributed by atoms with van der Waals surface area (Å²) in [6.45, 7) is 0. The molecule has 1 rings (SSSR count). The molecule has 0 atom stereocenters. The van der Waals surface area contributed by atoms with Crippen LogP contribution in [-0.4, -0.2) is 24.1 Å². The predicted molar refractivity (Wildman–Crippen MR) is 21.3 cm³/mol. The molecule has 4 heteroatoms. The first-order valence-corrected chi connectivity index (χ1v) is 1.44. The number of nitrogens with one attached hydrogen (secondary N) is 1. The Labute approximate surface area is 31.1 Å². The summed E-state index contributed by atoms with van der Waals surface area (Å²) < 4.78 is 0. The first-order valence-electron chi connectivity index (χ1n) is 1.44. The van der Waals surface area contributed by atoms with Crippen LogP contribution in [-0.2, 0) is 0 Å². The van der Waals surface area contributed by atoms with Crippen LogP contribution in [0.5, 0.6) is 0 Å². The van der Waals surface area contributed by atoms with Gasteiger partial charge in [0.2, 0.25) is 0 Å². The Morgan fingerprint density at radius 2 is 2.80 bits per heavy atom. The summed E-state index contributed by atoms with van der Waals surface area (Å²) in [4.78, 5) is 0. The van der Waals surface area contributed by atoms with E-state index in [4.69, 9.17) is 0 Å². The minimum atomic E-state index is 1.69. The van der Waals surface area contributed by atoms with E-state index in [0.29, 0.717) is 0 Å². The van der Waals surface area contributed by atoms with Gasteiger partial charge in [0, 0.05) is 0 Å². The standard InChI is InChI=1S/CH2B2N2/c1-2-4-5-3-1/h1,4H. The average molecular weight is 63.7 g/mol. The van der Waals surface area contributed by atoms with Crippen LogP contribution >= 0.6 is 0 Å². The molecule has 0 radical (unpaired) electrons. The Hall–Kier alpha value is -0.400. The van der Waals surface area contributed by atoms with E-state index in [1.165, 1.54) is 0 Å². The molecule has 0 fully saturated rings. The van der Waals surface area contributed by atoms with Gasteiger partial charge in [-0.15, -0.1) is 0 Å². The molecule has 22 valence electrons. The second kappa shape index (κ2) is 1.15. The molecule has 1 aromatic heterocycles. The molecular weight excluding hydrogens is 61.6 g/mol. The monoisotopic (exact) mass is 64.0 g/mol. The van der Waals surface area contributed by atoms with E-state index < -0.39 is 0 Å². The van der Waals surface area contributed by atoms with Crippen LogP contribution in [0, 0.1) is 0 Å². The van der Waals surface area contributed by atoms with E-state index in [-0.39, 0.29) is 0 Å². The van der Waals surface area contributed by atoms with Gasteiger partial charge in [0.25, 0.3) is 0 Å². The van der Waals surface area contributed by atoms with Crippen molar-refractivity contribution in [3.05, 3.63) is 5.86 Å². The first-order chi connectivity index (χ1) is 2.50. The van der Waals surface area contributed by atoms with Crippen molar-refractivity contribution in [1.29, 1.82) is 0 Å². The fraction of sp³-hybridized carbons (Fsp3) is 0. The van der Waals surface area contributed by atoms with Crippen molar-refractivity contribution in [1.82, 2.24) is 10.0 Å². The summed E-state index contributed by atoms with van der Waals surface area (Å²) in [5.74, 6) is 1.83. The molecule has 0 aliphatic heterocycles. The Morgan fingerprint density at radius 1 is 1.80 bits per heavy atom. The molecule has 0 aromatic carbocycles. The molecule has 1 N–H and O–H groups in total. The van der Waals surface area contributed by atoms with E-state index in [0.717, 1.165) is 0 Å². The SMILES string of the molecule is b1cb[nH]n1. The molecule has 0 unspecified atom stereocenters. The fourth-order valence-corrected chi connectivity index (χ4v) is 0.215. The summed E-state index contributed by atoms with van der Waals surface area (Å²) in [7, 11) is 3.46. The van der Waals surface area contributed by atoms with Gasteiger partial charge in [0.05, 0.1) is 0 Å². The van der Waals surface area contributed by atoms with Crippen LogP contribution in [0.25, 0.3) is 0 Å². The van der Waals surface area contributed by atoms with Gasteiger partial charge in [0.15, 0.2) is 0 Å². The van der Waals surface area contributed by atoms with Crippen LogP contribution in [0.15, 0.2) is 5.86 Å². The molecule has 0 aliphatic rings. The topological polar surface area (TPSA) is 28.7 Å². The zero-order valence-electron chi connectivity index (χ0n) is 2.68. The molecule has 1 heterocycles. The summed E-state index contributed by atoms with van der Waals surface area (Å²) in [5.41, 5.74) is 0. The second-order valence-electron chi connectivity index (χ2n) is 0.766. The maximum absolute atomic E-state index is 3.60. The summed E-state index contributed by atoms with van der Waals surface area (Å²) in [6.07, 6.45) is 0. The molecule has 5 heavy (non-hydrogen) atoms. The molecule has 0 saturated heterocycles. The van der Waals surface area contributed by atoms with Gasteiger partial charge in [-0.2, -0.15) is 0 Å². The van der Waals surface area contributed by atoms with Crippen molar-refractivity contribution in [3.8, 4) is 0 Å². The van der Waals surface area contributed by atoms with Gasteiger partial charge in [-0.25, -0.2) is 0 Å². The molecule has 0 saturated carbocycles. The van der Waals surface area contributed by atoms with Gasteiger partial charge >= 0.3 is 30.0 Å². The molecule has 2 nitrogen and oxygen atoms in total. The van der Waals surface area contributed by atoms with Gasteiger partial charge in [-0.05, 0) is 0 Å². The van der Waals surface area contributed by atoms with Gasteiger partial charge in [-0.1, -0.05) is 0 Å². The molecule has 0 aliphatic carbocycles. The van der Waals surface area contributed by atoms with Crippen molar-refractivity contribution < 1.29 is 0 Å². The second-order valence-corrected chi connectivity index (χ2v) is 0.766. The third kappa shape index (κ3) is 0.435. The first kappa shape index (κ1) is 2.82. The molecular formula is CH2B2N2. The van der Waals surface area contributed by atoms with Crippen LogP contribution in [0.3, 0.4) is 0 Å². The van der Waals surface area contributed by atoms with Gasteiger partial charge < -0.3 is 0 Å². The summed E-state index contributed by atoms with van der Waals surface area (Å²) in [5, 5.41) is 6.21. The van der Waals surface area contributed by atoms with Crippen molar-refractivity contribution >= 4 is 14.1 Å². The maximum atomic E-state index is 3.60. The summed E-state index contributed by atoms with van der Waals surface area (Å²) in [6, 6.07) is 0. The molecule has 0 spiro atoms. The number of aromatic amines is 1. The quantitative estimate of drug-likeness (QED) is 0.415. The van der Waals surface area contributed by atoms with Crippen LogP contribution in [0.2, 0.25) is 0 Å². The minimum absolute atomic E-state index is 1.69. The van der Waals surface area contributed by atoms with Crippen molar-refractivity contribution in [3.63, 3.8) is 0 Å². The Bertz CT molecular complexity index is 64.1. The van der Waals surface area contributed by atoms with E-state index in [9.17, 15) is 0 Å². The fourth-order valence-electron chi connectivity index (χ4n) is 0.215. The molecule has 0 amide bonds. The van der Waals surface area contributed by atoms with E-state index in [1.807, 2.05) is 5.86 Å². The van der Waals surface area contributed by atoms with Crippen molar-refractivity contribution in [2.75, 3.05) is 0 Å².